The van der Waals surface area contributed by atoms with Crippen LogP contribution < -0.4 is 5.32 Å². The third-order valence-corrected chi connectivity index (χ3v) is 5.78. The van der Waals surface area contributed by atoms with E-state index >= 15 is 0 Å². The van der Waals surface area contributed by atoms with Gasteiger partial charge < -0.3 is 5.32 Å². The molecular weight excluding hydrogens is 403 g/mol. The Labute approximate surface area is 179 Å². The highest BCUT2D eigenvalue weighted by Crippen LogP contribution is 2.31. The van der Waals surface area contributed by atoms with Crippen LogP contribution in [0.25, 0.3) is 22.2 Å². The van der Waals surface area contributed by atoms with Crippen LogP contribution in [0, 0.1) is 13.8 Å². The fourth-order valence-corrected chi connectivity index (χ4v) is 3.55. The van der Waals surface area contributed by atoms with Crippen LogP contribution in [0.5, 0.6) is 0 Å². The van der Waals surface area contributed by atoms with Crippen molar-refractivity contribution >= 4 is 45.7 Å². The number of carbonyl (C=O) groups excluding carboxylic acids is 1. The van der Waals surface area contributed by atoms with Crippen LogP contribution in [0.3, 0.4) is 0 Å². The fraction of sp³-hybridized carbons (Fsp3) is 0.0833. The molecule has 0 unspecified atom stereocenters. The van der Waals surface area contributed by atoms with E-state index < -0.39 is 0 Å². The molecule has 29 heavy (non-hydrogen) atoms. The summed E-state index contributed by atoms with van der Waals surface area (Å²) in [5.41, 5.74) is 5.85. The Morgan fingerprint density at radius 2 is 1.69 bits per heavy atom. The lowest BCUT2D eigenvalue weighted by Gasteiger charge is -2.12. The Bertz CT molecular complexity index is 1250. The van der Waals surface area contributed by atoms with Gasteiger partial charge in [0.05, 0.1) is 32.5 Å². The molecule has 0 aliphatic heterocycles. The molecule has 0 bridgehead atoms. The minimum Gasteiger partial charge on any atom is -0.321 e. The lowest BCUT2D eigenvalue weighted by molar-refractivity contribution is 0.102. The first kappa shape index (κ1) is 19.4. The van der Waals surface area contributed by atoms with E-state index in [0.29, 0.717) is 21.3 Å². The second-order valence-electron chi connectivity index (χ2n) is 6.93. The molecule has 0 aliphatic rings. The van der Waals surface area contributed by atoms with Gasteiger partial charge in [-0.2, -0.15) is 0 Å². The number of nitrogens with zero attached hydrogens (tertiary/aromatic N) is 1. The van der Waals surface area contributed by atoms with Crippen molar-refractivity contribution in [1.82, 2.24) is 4.98 Å². The van der Waals surface area contributed by atoms with Crippen molar-refractivity contribution < 1.29 is 4.79 Å². The first-order chi connectivity index (χ1) is 13.9. The molecule has 1 amide bonds. The highest BCUT2D eigenvalue weighted by molar-refractivity contribution is 6.44. The third-order valence-electron chi connectivity index (χ3n) is 4.96. The van der Waals surface area contributed by atoms with Crippen molar-refractivity contribution in [3.8, 4) is 11.3 Å². The number of nitrogens with one attached hydrogen (secondary N) is 1. The Balaban J connectivity index is 1.83. The molecular formula is C24H18Cl2N2O. The molecule has 0 atom stereocenters. The van der Waals surface area contributed by atoms with Gasteiger partial charge in [0.2, 0.25) is 0 Å². The quantitative estimate of drug-likeness (QED) is 0.384. The average Bonchev–Trinajstić information content (AvgIpc) is 2.72. The zero-order valence-corrected chi connectivity index (χ0v) is 17.5. The number of amides is 1. The van der Waals surface area contributed by atoms with Crippen LogP contribution in [0.1, 0.15) is 21.5 Å². The Morgan fingerprint density at radius 3 is 2.48 bits per heavy atom. The van der Waals surface area contributed by atoms with Gasteiger partial charge in [0.25, 0.3) is 5.91 Å². The Hall–Kier alpha value is -2.88. The lowest BCUT2D eigenvalue weighted by Crippen LogP contribution is -2.13. The minimum atomic E-state index is -0.266. The van der Waals surface area contributed by atoms with Crippen molar-refractivity contribution in [2.45, 2.75) is 13.8 Å². The van der Waals surface area contributed by atoms with Gasteiger partial charge in [-0.3, -0.25) is 4.79 Å². The number of fused-ring (bicyclic) bond motifs is 1. The molecule has 3 nitrogen and oxygen atoms in total. The van der Waals surface area contributed by atoms with Gasteiger partial charge >= 0.3 is 0 Å². The minimum absolute atomic E-state index is 0.266. The summed E-state index contributed by atoms with van der Waals surface area (Å²) in [6.07, 6.45) is 0. The van der Waals surface area contributed by atoms with Crippen LogP contribution in [-0.2, 0) is 0 Å². The maximum Gasteiger partial charge on any atom is 0.256 e. The monoisotopic (exact) mass is 420 g/mol. The summed E-state index contributed by atoms with van der Waals surface area (Å²) in [6, 6.07) is 20.7. The van der Waals surface area contributed by atoms with Crippen molar-refractivity contribution in [3.05, 3.63) is 93.5 Å². The van der Waals surface area contributed by atoms with Crippen LogP contribution in [0.2, 0.25) is 10.0 Å². The number of benzene rings is 3. The van der Waals surface area contributed by atoms with Crippen LogP contribution in [0.4, 0.5) is 5.69 Å². The normalized spacial score (nSPS) is 10.9. The van der Waals surface area contributed by atoms with Crippen LogP contribution in [0.15, 0.2) is 66.7 Å². The third kappa shape index (κ3) is 3.84. The number of pyridine rings is 1. The van der Waals surface area contributed by atoms with E-state index in [1.54, 1.807) is 18.2 Å². The molecule has 0 aliphatic carbocycles. The van der Waals surface area contributed by atoms with E-state index in [1.165, 1.54) is 11.1 Å². The smallest absolute Gasteiger partial charge is 0.256 e. The Morgan fingerprint density at radius 1 is 0.897 bits per heavy atom. The standard InChI is InChI=1S/C24H18Cl2N2O/c1-14-10-11-16(12-15(14)2)22-13-18(17-6-3-4-8-20(17)27-22)24(29)28-21-9-5-7-19(25)23(21)26/h3-13H,1-2H3,(H,28,29). The first-order valence-corrected chi connectivity index (χ1v) is 9.92. The zero-order valence-electron chi connectivity index (χ0n) is 16.0. The topological polar surface area (TPSA) is 42.0 Å². The second kappa shape index (κ2) is 7.86. The van der Waals surface area contributed by atoms with Gasteiger partial charge in [0, 0.05) is 10.9 Å². The molecule has 1 aromatic heterocycles. The van der Waals surface area contributed by atoms with Crippen molar-refractivity contribution in [1.29, 1.82) is 0 Å². The largest absolute Gasteiger partial charge is 0.321 e. The number of anilines is 1. The number of rotatable bonds is 3. The molecule has 0 fully saturated rings. The summed E-state index contributed by atoms with van der Waals surface area (Å²) < 4.78 is 0. The van der Waals surface area contributed by atoms with Gasteiger partial charge in [0.1, 0.15) is 0 Å². The number of para-hydroxylation sites is 1. The van der Waals surface area contributed by atoms with Gasteiger partial charge in [0.15, 0.2) is 0 Å². The molecule has 144 valence electrons. The van der Waals surface area contributed by atoms with Gasteiger partial charge in [-0.15, -0.1) is 0 Å². The van der Waals surface area contributed by atoms with E-state index in [-0.39, 0.29) is 5.91 Å². The van der Waals surface area contributed by atoms with Crippen molar-refractivity contribution in [2.24, 2.45) is 0 Å². The summed E-state index contributed by atoms with van der Waals surface area (Å²) in [6.45, 7) is 4.13. The molecule has 4 rings (SSSR count). The number of aromatic nitrogens is 1. The van der Waals surface area contributed by atoms with Crippen molar-refractivity contribution in [2.75, 3.05) is 5.32 Å². The van der Waals surface area contributed by atoms with E-state index in [0.717, 1.165) is 22.2 Å². The zero-order chi connectivity index (χ0) is 20.5. The highest BCUT2D eigenvalue weighted by atomic mass is 35.5. The molecule has 1 N–H and O–H groups in total. The predicted molar refractivity (Wildman–Crippen MR) is 121 cm³/mol. The summed E-state index contributed by atoms with van der Waals surface area (Å²) >= 11 is 12.3. The predicted octanol–water partition coefficient (Wildman–Crippen LogP) is 7.08. The molecule has 0 saturated heterocycles. The maximum absolute atomic E-state index is 13.2. The average molecular weight is 421 g/mol. The van der Waals surface area contributed by atoms with E-state index in [9.17, 15) is 4.79 Å². The van der Waals surface area contributed by atoms with Crippen molar-refractivity contribution in [3.63, 3.8) is 0 Å². The molecule has 4 aromatic rings. The number of halogens is 2. The maximum atomic E-state index is 13.2. The van der Waals surface area contributed by atoms with E-state index in [4.69, 9.17) is 28.2 Å². The summed E-state index contributed by atoms with van der Waals surface area (Å²) in [4.78, 5) is 17.9. The van der Waals surface area contributed by atoms with Crippen LogP contribution in [-0.4, -0.2) is 10.9 Å². The second-order valence-corrected chi connectivity index (χ2v) is 7.71. The summed E-state index contributed by atoms with van der Waals surface area (Å²) in [5.74, 6) is -0.266. The lowest BCUT2D eigenvalue weighted by atomic mass is 10.0. The van der Waals surface area contributed by atoms with E-state index in [1.807, 2.05) is 36.4 Å². The van der Waals surface area contributed by atoms with Gasteiger partial charge in [-0.05, 0) is 55.3 Å². The van der Waals surface area contributed by atoms with Gasteiger partial charge in [-0.1, -0.05) is 59.6 Å². The number of hydrogen-bond donors (Lipinski definition) is 1. The Kier molecular flexibility index (Phi) is 5.27. The summed E-state index contributed by atoms with van der Waals surface area (Å²) in [7, 11) is 0. The first-order valence-electron chi connectivity index (χ1n) is 9.17. The highest BCUT2D eigenvalue weighted by Gasteiger charge is 2.16. The van der Waals surface area contributed by atoms with Gasteiger partial charge in [-0.25, -0.2) is 4.98 Å². The number of hydrogen-bond acceptors (Lipinski definition) is 2. The molecule has 0 radical (unpaired) electrons. The van der Waals surface area contributed by atoms with E-state index in [2.05, 4.69) is 31.3 Å². The molecule has 5 heteroatoms. The molecule has 3 aromatic carbocycles. The summed E-state index contributed by atoms with van der Waals surface area (Å²) in [5, 5.41) is 4.35. The van der Waals surface area contributed by atoms with Crippen LogP contribution >= 0.6 is 23.2 Å². The molecule has 0 saturated carbocycles. The SMILES string of the molecule is Cc1ccc(-c2cc(C(=O)Nc3cccc(Cl)c3Cl)c3ccccc3n2)cc1C. The fourth-order valence-electron chi connectivity index (χ4n) is 3.20. The number of carbonyl (C=O) groups is 1. The molecule has 1 heterocycles. The molecule has 0 spiro atoms. The number of aryl methyl sites for hydroxylation is 2.